The zero-order valence-corrected chi connectivity index (χ0v) is 39.8. The van der Waals surface area contributed by atoms with Crippen LogP contribution in [-0.4, -0.2) is 8.07 Å². The van der Waals surface area contributed by atoms with E-state index in [1.54, 1.807) is 0 Å². The van der Waals surface area contributed by atoms with Crippen molar-refractivity contribution in [3.8, 4) is 33.4 Å². The van der Waals surface area contributed by atoms with Crippen LogP contribution >= 0.6 is 0 Å². The Balaban J connectivity index is 1.03. The molecule has 1 aliphatic heterocycles. The highest BCUT2D eigenvalue weighted by atomic mass is 28.3. The molecule has 0 bridgehead atoms. The Morgan fingerprint density at radius 1 is 0.324 bits per heavy atom. The van der Waals surface area contributed by atoms with Crippen molar-refractivity contribution in [2.24, 2.45) is 0 Å². The van der Waals surface area contributed by atoms with Gasteiger partial charge in [0.15, 0.2) is 0 Å². The van der Waals surface area contributed by atoms with E-state index >= 15 is 0 Å². The van der Waals surface area contributed by atoms with E-state index in [1.165, 1.54) is 98.6 Å². The van der Waals surface area contributed by atoms with Gasteiger partial charge in [-0.3, -0.25) is 0 Å². The molecule has 0 unspecified atom stereocenters. The number of para-hydroxylation sites is 3. The number of anilines is 6. The molecule has 2 nitrogen and oxygen atoms in total. The van der Waals surface area contributed by atoms with Crippen LogP contribution in [0.15, 0.2) is 231 Å². The summed E-state index contributed by atoms with van der Waals surface area (Å²) in [4.78, 5) is 4.96. The molecule has 0 aromatic heterocycles. The van der Waals surface area contributed by atoms with Gasteiger partial charge in [-0.2, -0.15) is 0 Å². The van der Waals surface area contributed by atoms with Crippen LogP contribution in [0.1, 0.15) is 25.0 Å². The van der Waals surface area contributed by atoms with Crippen LogP contribution < -0.4 is 20.2 Å². The van der Waals surface area contributed by atoms with E-state index < -0.39 is 8.07 Å². The van der Waals surface area contributed by atoms with Crippen molar-refractivity contribution in [2.45, 2.75) is 32.4 Å². The normalized spacial score (nSPS) is 13.8. The highest BCUT2D eigenvalue weighted by molar-refractivity contribution is 7.03. The topological polar surface area (TPSA) is 6.48 Å². The number of hydrogen-bond donors (Lipinski definition) is 0. The molecule has 13 rings (SSSR count). The summed E-state index contributed by atoms with van der Waals surface area (Å²) in [5.41, 5.74) is 17.3. The van der Waals surface area contributed by atoms with Crippen LogP contribution in [0, 0.1) is 0 Å². The van der Waals surface area contributed by atoms with Gasteiger partial charge in [-0.15, -0.1) is 0 Å². The Hall–Kier alpha value is -7.98. The lowest BCUT2D eigenvalue weighted by atomic mass is 9.82. The van der Waals surface area contributed by atoms with Gasteiger partial charge < -0.3 is 9.80 Å². The van der Waals surface area contributed by atoms with Gasteiger partial charge in [0, 0.05) is 39.1 Å². The van der Waals surface area contributed by atoms with Crippen molar-refractivity contribution in [3.05, 3.63) is 242 Å². The van der Waals surface area contributed by atoms with Crippen LogP contribution in [0.4, 0.5) is 34.1 Å². The van der Waals surface area contributed by atoms with E-state index in [0.29, 0.717) is 0 Å². The minimum absolute atomic E-state index is 0.118. The van der Waals surface area contributed by atoms with Gasteiger partial charge in [0.1, 0.15) is 8.07 Å². The maximum atomic E-state index is 2.55. The van der Waals surface area contributed by atoms with E-state index in [0.717, 1.165) is 22.7 Å². The first-order valence-electron chi connectivity index (χ1n) is 23.9. The highest BCUT2D eigenvalue weighted by Crippen LogP contribution is 2.52. The van der Waals surface area contributed by atoms with Crippen molar-refractivity contribution < 1.29 is 0 Å². The standard InChI is InChI=1S/C65H50N2Si/c1-65(2)58-32-18-16-29-50(58)51-37-35-46(39-59(51)65)67(45-25-12-7-13-26-45)61-42-56-54-31-20-34-62-64(54)57(41-55(56)49-28-14-15-30-52(49)61)53-38-36-47(40-63(53)68(62,3)4)66(44-23-10-6-11-24-44)60-33-19-17-27-48(60)43-21-8-5-9-22-43/h5-42H,1-4H3. The molecule has 1 heterocycles. The van der Waals surface area contributed by atoms with Gasteiger partial charge in [0.05, 0.1) is 11.4 Å². The number of benzene rings is 11. The van der Waals surface area contributed by atoms with Crippen LogP contribution in [0.5, 0.6) is 0 Å². The van der Waals surface area contributed by atoms with Crippen LogP contribution in [0.2, 0.25) is 13.1 Å². The van der Waals surface area contributed by atoms with Crippen LogP contribution in [-0.2, 0) is 5.41 Å². The van der Waals surface area contributed by atoms with E-state index in [-0.39, 0.29) is 5.41 Å². The smallest absolute Gasteiger partial charge is 0.113 e. The zero-order valence-electron chi connectivity index (χ0n) is 38.8. The molecular formula is C65H50N2Si. The first kappa shape index (κ1) is 40.3. The lowest BCUT2D eigenvalue weighted by Gasteiger charge is -2.36. The largest absolute Gasteiger partial charge is 0.310 e. The van der Waals surface area contributed by atoms with Gasteiger partial charge in [0.2, 0.25) is 0 Å². The third-order valence-corrected chi connectivity index (χ3v) is 18.7. The summed E-state index contributed by atoms with van der Waals surface area (Å²) >= 11 is 0. The van der Waals surface area contributed by atoms with E-state index in [4.69, 9.17) is 0 Å². The number of fused-ring (bicyclic) bond motifs is 9. The Morgan fingerprint density at radius 3 is 1.60 bits per heavy atom. The van der Waals surface area contributed by atoms with Gasteiger partial charge in [-0.05, 0) is 143 Å². The predicted octanol–water partition coefficient (Wildman–Crippen LogP) is 16.9. The molecule has 0 spiro atoms. The lowest BCUT2D eigenvalue weighted by molar-refractivity contribution is 0.660. The maximum Gasteiger partial charge on any atom is 0.113 e. The monoisotopic (exact) mass is 886 g/mol. The minimum atomic E-state index is -2.29. The van der Waals surface area contributed by atoms with Crippen molar-refractivity contribution in [2.75, 3.05) is 9.80 Å². The van der Waals surface area contributed by atoms with Crippen molar-refractivity contribution in [1.82, 2.24) is 0 Å². The number of rotatable bonds is 7. The second-order valence-electron chi connectivity index (χ2n) is 19.7. The van der Waals surface area contributed by atoms with E-state index in [1.807, 2.05) is 0 Å². The molecule has 3 heteroatoms. The fraction of sp³-hybridized carbons (Fsp3) is 0.0769. The molecule has 11 aromatic rings. The number of hydrogen-bond acceptors (Lipinski definition) is 2. The molecule has 0 radical (unpaired) electrons. The molecule has 0 amide bonds. The average molecular weight is 887 g/mol. The van der Waals surface area contributed by atoms with Crippen molar-refractivity contribution in [1.29, 1.82) is 0 Å². The average Bonchev–Trinajstić information content (AvgIpc) is 3.62. The summed E-state index contributed by atoms with van der Waals surface area (Å²) in [5, 5.41) is 10.7. The van der Waals surface area contributed by atoms with E-state index in [2.05, 4.69) is 267 Å². The molecule has 324 valence electrons. The van der Waals surface area contributed by atoms with Gasteiger partial charge in [-0.25, -0.2) is 0 Å². The van der Waals surface area contributed by atoms with E-state index in [9.17, 15) is 0 Å². The third kappa shape index (κ3) is 6.02. The number of nitrogens with zero attached hydrogens (tertiary/aromatic N) is 2. The molecule has 0 fully saturated rings. The van der Waals surface area contributed by atoms with Gasteiger partial charge in [-0.1, -0.05) is 191 Å². The van der Waals surface area contributed by atoms with Gasteiger partial charge in [0.25, 0.3) is 0 Å². The molecule has 0 atom stereocenters. The first-order valence-corrected chi connectivity index (χ1v) is 26.9. The second-order valence-corrected chi connectivity index (χ2v) is 24.0. The Morgan fingerprint density at radius 2 is 0.868 bits per heavy atom. The molecule has 68 heavy (non-hydrogen) atoms. The summed E-state index contributed by atoms with van der Waals surface area (Å²) in [6.45, 7) is 9.86. The highest BCUT2D eigenvalue weighted by Gasteiger charge is 2.38. The molecular weight excluding hydrogens is 837 g/mol. The molecule has 1 aliphatic carbocycles. The predicted molar refractivity (Wildman–Crippen MR) is 294 cm³/mol. The quantitative estimate of drug-likeness (QED) is 0.116. The van der Waals surface area contributed by atoms with Crippen molar-refractivity contribution >= 4 is 84.9 Å². The van der Waals surface area contributed by atoms with Crippen LogP contribution in [0.3, 0.4) is 0 Å². The summed E-state index contributed by atoms with van der Waals surface area (Å²) in [7, 11) is -2.29. The van der Waals surface area contributed by atoms with Gasteiger partial charge >= 0.3 is 0 Å². The van der Waals surface area contributed by atoms with Crippen LogP contribution in [0.25, 0.3) is 65.7 Å². The summed E-state index contributed by atoms with van der Waals surface area (Å²) < 4.78 is 0. The summed E-state index contributed by atoms with van der Waals surface area (Å²) in [6, 6.07) is 86.0. The zero-order chi connectivity index (χ0) is 45.7. The SMILES string of the molecule is CC1(C)c2ccccc2-c2ccc(N(c3ccccc3)c3cc4c5cccc6c5c(cc4c4ccccc34)-c3ccc(N(c4ccccc4)c4ccccc4-c4ccccc4)cc3[Si]6(C)C)cc21. The fourth-order valence-corrected chi connectivity index (χ4v) is 15.0. The molecule has 2 aliphatic rings. The first-order chi connectivity index (χ1) is 33.3. The maximum absolute atomic E-state index is 2.55. The van der Waals surface area contributed by atoms with Crippen molar-refractivity contribution in [3.63, 3.8) is 0 Å². The fourth-order valence-electron chi connectivity index (χ4n) is 11.9. The molecule has 0 N–H and O–H groups in total. The summed E-state index contributed by atoms with van der Waals surface area (Å²) in [6.07, 6.45) is 0. The molecule has 0 saturated carbocycles. The molecule has 11 aromatic carbocycles. The Labute approximate surface area is 400 Å². The Bertz CT molecular complexity index is 3800. The Kier molecular flexibility index (Phi) is 9.06. The minimum Gasteiger partial charge on any atom is -0.310 e. The third-order valence-electron chi connectivity index (χ3n) is 15.2. The second kappa shape index (κ2) is 15.3. The lowest BCUT2D eigenvalue weighted by Crippen LogP contribution is -2.56. The summed E-state index contributed by atoms with van der Waals surface area (Å²) in [5.74, 6) is 0. The molecule has 0 saturated heterocycles.